The Morgan fingerprint density at radius 3 is 2.52 bits per heavy atom. The van der Waals surface area contributed by atoms with Crippen molar-refractivity contribution in [2.75, 3.05) is 0 Å². The van der Waals surface area contributed by atoms with Crippen LogP contribution >= 0.6 is 11.3 Å². The van der Waals surface area contributed by atoms with Crippen molar-refractivity contribution in [1.29, 1.82) is 0 Å². The van der Waals surface area contributed by atoms with Gasteiger partial charge in [0.1, 0.15) is 5.01 Å². The molecule has 0 aliphatic rings. The van der Waals surface area contributed by atoms with Crippen LogP contribution in [-0.4, -0.2) is 25.2 Å². The third kappa shape index (κ3) is 5.25. The molecule has 1 heterocycles. The molecule has 3 aromatic rings. The fourth-order valence-corrected chi connectivity index (χ4v) is 3.87. The van der Waals surface area contributed by atoms with E-state index in [4.69, 9.17) is 5.14 Å². The Balaban J connectivity index is 1.61. The number of primary sulfonamides is 1. The lowest BCUT2D eigenvalue weighted by Gasteiger charge is -2.10. The predicted molar refractivity (Wildman–Crippen MR) is 109 cm³/mol. The van der Waals surface area contributed by atoms with Crippen LogP contribution in [0.3, 0.4) is 0 Å². The molecule has 4 N–H and O–H groups in total. The molecular weight excluding hydrogens is 412 g/mol. The minimum Gasteiger partial charge on any atom is -0.273 e. The Labute approximate surface area is 171 Å². The number of nitrogens with zero attached hydrogens (tertiary/aromatic N) is 1. The molecule has 3 rings (SSSR count). The van der Waals surface area contributed by atoms with Gasteiger partial charge in [-0.15, -0.1) is 11.3 Å². The van der Waals surface area contributed by atoms with Gasteiger partial charge < -0.3 is 0 Å². The van der Waals surface area contributed by atoms with Gasteiger partial charge in [-0.1, -0.05) is 36.4 Å². The lowest BCUT2D eigenvalue weighted by molar-refractivity contribution is -0.121. The van der Waals surface area contributed by atoms with Crippen molar-refractivity contribution in [2.45, 2.75) is 18.2 Å². The quantitative estimate of drug-likeness (QED) is 0.531. The highest BCUT2D eigenvalue weighted by Gasteiger charge is 2.16. The molecule has 1 aromatic heterocycles. The Kier molecular flexibility index (Phi) is 6.06. The molecule has 0 unspecified atom stereocenters. The van der Waals surface area contributed by atoms with Crippen LogP contribution in [0.4, 0.5) is 0 Å². The van der Waals surface area contributed by atoms with Gasteiger partial charge in [0.25, 0.3) is 5.91 Å². The summed E-state index contributed by atoms with van der Waals surface area (Å²) in [5, 5.41) is 7.55. The van der Waals surface area contributed by atoms with E-state index in [1.54, 1.807) is 6.92 Å². The Hall–Kier alpha value is -3.08. The summed E-state index contributed by atoms with van der Waals surface area (Å²) >= 11 is 1.35. The third-order valence-electron chi connectivity index (χ3n) is 4.03. The number of hydrogen-bond donors (Lipinski definition) is 3. The Morgan fingerprint density at radius 1 is 1.10 bits per heavy atom. The average molecular weight is 431 g/mol. The fourth-order valence-electron chi connectivity index (χ4n) is 2.53. The van der Waals surface area contributed by atoms with Crippen LogP contribution in [0.1, 0.15) is 20.9 Å². The molecule has 0 atom stereocenters. The molecule has 150 valence electrons. The van der Waals surface area contributed by atoms with Gasteiger partial charge in [0.15, 0.2) is 0 Å². The molecular formula is C19H18N4O4S2. The Morgan fingerprint density at radius 2 is 1.83 bits per heavy atom. The molecule has 8 nitrogen and oxygen atoms in total. The number of hydrazine groups is 1. The van der Waals surface area contributed by atoms with Crippen LogP contribution in [0.15, 0.2) is 58.8 Å². The van der Waals surface area contributed by atoms with Crippen molar-refractivity contribution in [3.05, 3.63) is 70.0 Å². The molecule has 0 aliphatic carbocycles. The van der Waals surface area contributed by atoms with Crippen molar-refractivity contribution in [3.8, 4) is 11.3 Å². The van der Waals surface area contributed by atoms with Crippen molar-refractivity contribution < 1.29 is 18.0 Å². The number of carbonyl (C=O) groups is 2. The first-order chi connectivity index (χ1) is 13.7. The molecule has 0 bridgehead atoms. The molecule has 2 aromatic carbocycles. The number of hydrogen-bond acceptors (Lipinski definition) is 6. The van der Waals surface area contributed by atoms with Crippen molar-refractivity contribution in [3.63, 3.8) is 0 Å². The number of aromatic nitrogens is 1. The Bertz CT molecular complexity index is 1160. The maximum Gasteiger partial charge on any atom is 0.269 e. The highest BCUT2D eigenvalue weighted by Crippen LogP contribution is 2.21. The monoisotopic (exact) mass is 430 g/mol. The topological polar surface area (TPSA) is 131 Å². The predicted octanol–water partition coefficient (Wildman–Crippen LogP) is 1.77. The summed E-state index contributed by atoms with van der Waals surface area (Å²) in [5.41, 5.74) is 6.95. The zero-order valence-corrected chi connectivity index (χ0v) is 17.0. The van der Waals surface area contributed by atoms with Crippen LogP contribution in [-0.2, 0) is 21.2 Å². The van der Waals surface area contributed by atoms with Crippen molar-refractivity contribution in [2.24, 2.45) is 5.14 Å². The second kappa shape index (κ2) is 8.52. The van der Waals surface area contributed by atoms with E-state index < -0.39 is 21.8 Å². The number of nitrogens with one attached hydrogen (secondary N) is 2. The molecule has 0 aliphatic heterocycles. The summed E-state index contributed by atoms with van der Waals surface area (Å²) in [6.07, 6.45) is -0.00597. The van der Waals surface area contributed by atoms with E-state index in [1.807, 2.05) is 35.7 Å². The summed E-state index contributed by atoms with van der Waals surface area (Å²) in [5.74, 6) is -1.10. The first-order valence-electron chi connectivity index (χ1n) is 8.46. The van der Waals surface area contributed by atoms with Gasteiger partial charge in [0.05, 0.1) is 17.0 Å². The summed E-state index contributed by atoms with van der Waals surface area (Å²) < 4.78 is 22.9. The molecule has 0 radical (unpaired) electrons. The number of rotatable bonds is 5. The molecule has 0 spiro atoms. The molecule has 10 heteroatoms. The van der Waals surface area contributed by atoms with Crippen molar-refractivity contribution >= 4 is 33.2 Å². The van der Waals surface area contributed by atoms with Gasteiger partial charge in [0.2, 0.25) is 15.9 Å². The number of amides is 2. The summed E-state index contributed by atoms with van der Waals surface area (Å²) in [4.78, 5) is 28.7. The number of carbonyl (C=O) groups excluding carboxylic acids is 2. The molecule has 2 amide bonds. The van der Waals surface area contributed by atoms with Gasteiger partial charge in [-0.25, -0.2) is 18.5 Å². The van der Waals surface area contributed by atoms with Crippen LogP contribution in [0.2, 0.25) is 0 Å². The fraction of sp³-hybridized carbons (Fsp3) is 0.105. The van der Waals surface area contributed by atoms with E-state index >= 15 is 0 Å². The van der Waals surface area contributed by atoms with E-state index in [9.17, 15) is 18.0 Å². The standard InChI is InChI=1S/C19H18N4O4S2/c1-12-7-8-14(29(20,26)27)9-15(12)19(25)23-22-17(24)10-18-21-16(11-28-18)13-5-3-2-4-6-13/h2-9,11H,10H2,1H3,(H,22,24)(H,23,25)(H2,20,26,27). The molecule has 0 saturated carbocycles. The van der Waals surface area contributed by atoms with E-state index in [0.717, 1.165) is 11.3 Å². The van der Waals surface area contributed by atoms with E-state index in [2.05, 4.69) is 15.8 Å². The number of thiazole rings is 1. The van der Waals surface area contributed by atoms with Gasteiger partial charge in [0, 0.05) is 16.5 Å². The van der Waals surface area contributed by atoms with Crippen LogP contribution < -0.4 is 16.0 Å². The van der Waals surface area contributed by atoms with Crippen LogP contribution in [0.25, 0.3) is 11.3 Å². The third-order valence-corrected chi connectivity index (χ3v) is 5.79. The molecule has 0 fully saturated rings. The second-order valence-electron chi connectivity index (χ2n) is 6.19. The smallest absolute Gasteiger partial charge is 0.269 e. The van der Waals surface area contributed by atoms with E-state index in [0.29, 0.717) is 10.6 Å². The van der Waals surface area contributed by atoms with Gasteiger partial charge in [-0.05, 0) is 24.6 Å². The summed E-state index contributed by atoms with van der Waals surface area (Å²) in [6.45, 7) is 1.64. The van der Waals surface area contributed by atoms with Crippen LogP contribution in [0.5, 0.6) is 0 Å². The zero-order valence-electron chi connectivity index (χ0n) is 15.4. The second-order valence-corrected chi connectivity index (χ2v) is 8.70. The number of aryl methyl sites for hydroxylation is 1. The minimum atomic E-state index is -3.94. The highest BCUT2D eigenvalue weighted by atomic mass is 32.2. The summed E-state index contributed by atoms with van der Waals surface area (Å²) in [6, 6.07) is 13.5. The van der Waals surface area contributed by atoms with Gasteiger partial charge in [-0.3, -0.25) is 20.4 Å². The van der Waals surface area contributed by atoms with Gasteiger partial charge in [-0.2, -0.15) is 0 Å². The summed E-state index contributed by atoms with van der Waals surface area (Å²) in [7, 11) is -3.94. The van der Waals surface area contributed by atoms with Crippen molar-refractivity contribution in [1.82, 2.24) is 15.8 Å². The molecule has 0 saturated heterocycles. The number of nitrogens with two attached hydrogens (primary N) is 1. The van der Waals surface area contributed by atoms with Gasteiger partial charge >= 0.3 is 0 Å². The normalized spacial score (nSPS) is 11.1. The lowest BCUT2D eigenvalue weighted by atomic mass is 10.1. The first-order valence-corrected chi connectivity index (χ1v) is 10.9. The minimum absolute atomic E-state index is 0.00597. The average Bonchev–Trinajstić information content (AvgIpc) is 3.14. The number of benzene rings is 2. The van der Waals surface area contributed by atoms with Crippen LogP contribution in [0, 0.1) is 6.92 Å². The largest absolute Gasteiger partial charge is 0.273 e. The lowest BCUT2D eigenvalue weighted by Crippen LogP contribution is -2.42. The SMILES string of the molecule is Cc1ccc(S(N)(=O)=O)cc1C(=O)NNC(=O)Cc1nc(-c2ccccc2)cs1. The maximum atomic E-state index is 12.3. The number of sulfonamides is 1. The highest BCUT2D eigenvalue weighted by molar-refractivity contribution is 7.89. The zero-order chi connectivity index (χ0) is 21.0. The molecule has 29 heavy (non-hydrogen) atoms. The maximum absolute atomic E-state index is 12.3. The van der Waals surface area contributed by atoms with E-state index in [1.165, 1.54) is 29.5 Å². The first kappa shape index (κ1) is 20.6. The van der Waals surface area contributed by atoms with E-state index in [-0.39, 0.29) is 16.9 Å².